The van der Waals surface area contributed by atoms with Gasteiger partial charge >= 0.3 is 0 Å². The van der Waals surface area contributed by atoms with Crippen LogP contribution in [0.3, 0.4) is 0 Å². The Morgan fingerprint density at radius 1 is 1.43 bits per heavy atom. The van der Waals surface area contributed by atoms with Gasteiger partial charge < -0.3 is 5.32 Å². The molecule has 0 spiro atoms. The second kappa shape index (κ2) is 6.85. The Hall–Kier alpha value is -1.69. The van der Waals surface area contributed by atoms with Gasteiger partial charge in [-0.05, 0) is 47.5 Å². The van der Waals surface area contributed by atoms with Gasteiger partial charge in [-0.2, -0.15) is 5.10 Å². The molecule has 0 bridgehead atoms. The highest BCUT2D eigenvalue weighted by Crippen LogP contribution is 2.18. The summed E-state index contributed by atoms with van der Waals surface area (Å²) in [5.74, 6) is -0.584. The summed E-state index contributed by atoms with van der Waals surface area (Å²) >= 11 is 3.11. The molecule has 0 radical (unpaired) electrons. The topological polar surface area (TPSA) is 46.9 Å². The summed E-state index contributed by atoms with van der Waals surface area (Å²) in [5, 5.41) is 7.10. The van der Waals surface area contributed by atoms with Crippen molar-refractivity contribution in [2.24, 2.45) is 0 Å². The first kappa shape index (κ1) is 15.7. The maximum absolute atomic E-state index is 13.8. The van der Waals surface area contributed by atoms with Crippen LogP contribution in [0.2, 0.25) is 0 Å². The summed E-state index contributed by atoms with van der Waals surface area (Å²) < 4.78 is 16.0. The Morgan fingerprint density at radius 2 is 2.19 bits per heavy atom. The number of nitrogens with zero attached hydrogens (tertiary/aromatic N) is 2. The maximum atomic E-state index is 13.8. The van der Waals surface area contributed by atoms with Crippen LogP contribution in [0.1, 0.15) is 17.0 Å². The summed E-state index contributed by atoms with van der Waals surface area (Å²) in [6, 6.07) is 6.92. The van der Waals surface area contributed by atoms with Crippen LogP contribution in [0, 0.1) is 19.7 Å². The van der Waals surface area contributed by atoms with E-state index < -0.39 is 0 Å². The highest BCUT2D eigenvalue weighted by Gasteiger charge is 2.10. The predicted octanol–water partition coefficient (Wildman–Crippen LogP) is 2.76. The van der Waals surface area contributed by atoms with Crippen LogP contribution >= 0.6 is 15.9 Å². The fraction of sp³-hybridized carbons (Fsp3) is 0.333. The molecule has 0 aliphatic carbocycles. The number of amides is 1. The third kappa shape index (κ3) is 4.14. The maximum Gasteiger partial charge on any atom is 0.224 e. The van der Waals surface area contributed by atoms with Crippen LogP contribution in [0.4, 0.5) is 4.39 Å². The highest BCUT2D eigenvalue weighted by atomic mass is 79.9. The van der Waals surface area contributed by atoms with E-state index in [1.165, 1.54) is 0 Å². The van der Waals surface area contributed by atoms with Crippen molar-refractivity contribution < 1.29 is 9.18 Å². The van der Waals surface area contributed by atoms with Crippen molar-refractivity contribution in [3.63, 3.8) is 0 Å². The van der Waals surface area contributed by atoms with E-state index in [1.807, 2.05) is 24.6 Å². The van der Waals surface area contributed by atoms with Crippen LogP contribution in [-0.2, 0) is 17.8 Å². The Morgan fingerprint density at radius 3 is 2.86 bits per heavy atom. The Kier molecular flexibility index (Phi) is 5.12. The lowest BCUT2D eigenvalue weighted by molar-refractivity contribution is -0.120. The predicted molar refractivity (Wildman–Crippen MR) is 82.5 cm³/mol. The molecule has 0 saturated carbocycles. The second-order valence-corrected chi connectivity index (χ2v) is 5.74. The molecule has 112 valence electrons. The lowest BCUT2D eigenvalue weighted by Gasteiger charge is -2.08. The number of benzene rings is 1. The van der Waals surface area contributed by atoms with Crippen molar-refractivity contribution in [1.29, 1.82) is 0 Å². The van der Waals surface area contributed by atoms with Gasteiger partial charge in [-0.25, -0.2) is 4.39 Å². The molecule has 6 heteroatoms. The molecule has 0 saturated heterocycles. The normalized spacial score (nSPS) is 10.7. The average molecular weight is 354 g/mol. The van der Waals surface area contributed by atoms with Crippen molar-refractivity contribution >= 4 is 21.8 Å². The van der Waals surface area contributed by atoms with E-state index in [-0.39, 0.29) is 18.1 Å². The summed E-state index contributed by atoms with van der Waals surface area (Å²) in [4.78, 5) is 11.8. The highest BCUT2D eigenvalue weighted by molar-refractivity contribution is 9.10. The van der Waals surface area contributed by atoms with Crippen molar-refractivity contribution in [3.8, 4) is 0 Å². The molecule has 1 N–H and O–H groups in total. The lowest BCUT2D eigenvalue weighted by Crippen LogP contribution is -2.29. The van der Waals surface area contributed by atoms with E-state index in [9.17, 15) is 9.18 Å². The monoisotopic (exact) mass is 353 g/mol. The number of carbonyl (C=O) groups excluding carboxylic acids is 1. The van der Waals surface area contributed by atoms with Crippen molar-refractivity contribution in [2.75, 3.05) is 6.54 Å². The minimum absolute atomic E-state index is 0.0301. The summed E-state index contributed by atoms with van der Waals surface area (Å²) in [6.45, 7) is 4.97. The third-order valence-electron chi connectivity index (χ3n) is 3.13. The van der Waals surface area contributed by atoms with Crippen LogP contribution in [-0.4, -0.2) is 22.2 Å². The molecule has 2 aromatic rings. The van der Waals surface area contributed by atoms with Crippen LogP contribution in [0.15, 0.2) is 28.7 Å². The molecule has 0 unspecified atom stereocenters. The molecule has 1 heterocycles. The quantitative estimate of drug-likeness (QED) is 0.898. The first-order valence-corrected chi connectivity index (χ1v) is 7.47. The van der Waals surface area contributed by atoms with E-state index in [2.05, 4.69) is 26.3 Å². The van der Waals surface area contributed by atoms with Crippen molar-refractivity contribution in [2.45, 2.75) is 26.8 Å². The largest absolute Gasteiger partial charge is 0.354 e. The summed E-state index contributed by atoms with van der Waals surface area (Å²) in [7, 11) is 0. The number of hydrogen-bond donors (Lipinski definition) is 1. The zero-order valence-electron chi connectivity index (χ0n) is 12.0. The molecular weight excluding hydrogens is 337 g/mol. The van der Waals surface area contributed by atoms with E-state index >= 15 is 0 Å². The number of rotatable bonds is 5. The standard InChI is InChI=1S/C15H17BrFN3O/c1-10-8-11(2)20(19-10)7-6-18-14(21)9-12-4-3-5-13(16)15(12)17/h3-5,8H,6-7,9H2,1-2H3,(H,18,21). The summed E-state index contributed by atoms with van der Waals surface area (Å²) in [6.07, 6.45) is 0.0301. The molecule has 4 nitrogen and oxygen atoms in total. The van der Waals surface area contributed by atoms with Gasteiger partial charge in [0.15, 0.2) is 0 Å². The van der Waals surface area contributed by atoms with Gasteiger partial charge in [0.2, 0.25) is 5.91 Å². The fourth-order valence-electron chi connectivity index (χ4n) is 2.12. The summed E-state index contributed by atoms with van der Waals surface area (Å²) in [5.41, 5.74) is 2.39. The van der Waals surface area contributed by atoms with E-state index in [0.717, 1.165) is 11.4 Å². The minimum Gasteiger partial charge on any atom is -0.354 e. The van der Waals surface area contributed by atoms with Gasteiger partial charge in [0.25, 0.3) is 0 Å². The number of hydrogen-bond acceptors (Lipinski definition) is 2. The molecule has 1 amide bonds. The number of aryl methyl sites for hydroxylation is 2. The number of carbonyl (C=O) groups is 1. The van der Waals surface area contributed by atoms with Crippen LogP contribution in [0.25, 0.3) is 0 Å². The molecule has 0 aliphatic rings. The van der Waals surface area contributed by atoms with Gasteiger partial charge in [-0.3, -0.25) is 9.48 Å². The van der Waals surface area contributed by atoms with Gasteiger partial charge in [-0.1, -0.05) is 12.1 Å². The number of nitrogens with one attached hydrogen (secondary N) is 1. The van der Waals surface area contributed by atoms with Gasteiger partial charge in [-0.15, -0.1) is 0 Å². The Labute approximate surface area is 131 Å². The Bertz CT molecular complexity index is 654. The molecule has 0 fully saturated rings. The fourth-order valence-corrected chi connectivity index (χ4v) is 2.53. The van der Waals surface area contributed by atoms with Crippen LogP contribution < -0.4 is 5.32 Å². The first-order chi connectivity index (χ1) is 9.97. The van der Waals surface area contributed by atoms with E-state index in [4.69, 9.17) is 0 Å². The van der Waals surface area contributed by atoms with Crippen molar-refractivity contribution in [3.05, 3.63) is 51.5 Å². The van der Waals surface area contributed by atoms with Crippen LogP contribution in [0.5, 0.6) is 0 Å². The van der Waals surface area contributed by atoms with Gasteiger partial charge in [0, 0.05) is 12.2 Å². The molecular formula is C15H17BrFN3O. The smallest absolute Gasteiger partial charge is 0.224 e. The van der Waals surface area contributed by atoms with Gasteiger partial charge in [0.05, 0.1) is 23.1 Å². The number of aromatic nitrogens is 2. The molecule has 0 aliphatic heterocycles. The average Bonchev–Trinajstić information content (AvgIpc) is 2.73. The molecule has 0 atom stereocenters. The first-order valence-electron chi connectivity index (χ1n) is 6.68. The van der Waals surface area contributed by atoms with Crippen molar-refractivity contribution in [1.82, 2.24) is 15.1 Å². The molecule has 1 aromatic heterocycles. The van der Waals surface area contributed by atoms with Gasteiger partial charge in [0.1, 0.15) is 5.82 Å². The zero-order chi connectivity index (χ0) is 15.4. The minimum atomic E-state index is -0.383. The van der Waals surface area contributed by atoms with E-state index in [0.29, 0.717) is 23.1 Å². The second-order valence-electron chi connectivity index (χ2n) is 4.89. The third-order valence-corrected chi connectivity index (χ3v) is 3.74. The molecule has 2 rings (SSSR count). The zero-order valence-corrected chi connectivity index (χ0v) is 13.6. The lowest BCUT2D eigenvalue weighted by atomic mass is 10.1. The van der Waals surface area contributed by atoms with E-state index in [1.54, 1.807) is 18.2 Å². The molecule has 21 heavy (non-hydrogen) atoms. The number of halogens is 2. The Balaban J connectivity index is 1.85. The molecule has 1 aromatic carbocycles. The SMILES string of the molecule is Cc1cc(C)n(CCNC(=O)Cc2cccc(Br)c2F)n1.